The van der Waals surface area contributed by atoms with Crippen molar-refractivity contribution in [3.63, 3.8) is 0 Å². The molecule has 0 bridgehead atoms. The molecule has 2 atom stereocenters. The van der Waals surface area contributed by atoms with Crippen LogP contribution < -0.4 is 10.9 Å². The van der Waals surface area contributed by atoms with Crippen LogP contribution in [-0.2, 0) is 14.4 Å². The van der Waals surface area contributed by atoms with Crippen LogP contribution in [0.3, 0.4) is 0 Å². The van der Waals surface area contributed by atoms with Crippen LogP contribution in [0.15, 0.2) is 29.1 Å². The van der Waals surface area contributed by atoms with E-state index in [1.54, 1.807) is 38.1 Å². The lowest BCUT2D eigenvalue weighted by Crippen LogP contribution is -2.47. The van der Waals surface area contributed by atoms with E-state index >= 15 is 0 Å². The number of benzene rings is 1. The molecular formula is C17H20N4O6. The maximum atomic E-state index is 12.7. The number of hydrogen-bond donors (Lipinski definition) is 3. The zero-order chi connectivity index (χ0) is 20.1. The van der Waals surface area contributed by atoms with Gasteiger partial charge in [0.15, 0.2) is 0 Å². The fraction of sp³-hybridized carbons (Fsp3) is 0.412. The number of carbonyl (C=O) groups excluding carboxylic acids is 1. The fourth-order valence-electron chi connectivity index (χ4n) is 2.66. The van der Waals surface area contributed by atoms with Crippen molar-refractivity contribution in [2.75, 3.05) is 0 Å². The third-order valence-electron chi connectivity index (χ3n) is 4.02. The highest BCUT2D eigenvalue weighted by Gasteiger charge is 2.31. The standard InChI is InChI=1S/C17H20N4O6/c1-9(2)14(15(24)18-12(17(26)27)7-8-13(22)23)21-16(25)10-5-3-4-6-11(10)19-20-21/h3-6,9,12,14H,7-8H2,1-2H3,(H,18,24)(H,22,23)(H,26,27)/t12-,14-/m0/s1. The van der Waals surface area contributed by atoms with Crippen LogP contribution in [0.5, 0.6) is 0 Å². The second-order valence-electron chi connectivity index (χ2n) is 6.38. The molecule has 0 aliphatic heterocycles. The summed E-state index contributed by atoms with van der Waals surface area (Å²) in [6.07, 6.45) is -0.696. The molecule has 0 aliphatic rings. The van der Waals surface area contributed by atoms with Gasteiger partial charge < -0.3 is 15.5 Å². The molecule has 1 aromatic carbocycles. The highest BCUT2D eigenvalue weighted by atomic mass is 16.4. The molecule has 0 saturated heterocycles. The third kappa shape index (κ3) is 4.66. The Morgan fingerprint density at radius 3 is 2.44 bits per heavy atom. The van der Waals surface area contributed by atoms with Crippen molar-refractivity contribution in [1.82, 2.24) is 20.3 Å². The molecule has 0 spiro atoms. The van der Waals surface area contributed by atoms with E-state index in [-0.39, 0.29) is 11.8 Å². The zero-order valence-corrected chi connectivity index (χ0v) is 14.8. The Bertz CT molecular complexity index is 923. The first-order chi connectivity index (χ1) is 12.7. The number of rotatable bonds is 8. The lowest BCUT2D eigenvalue weighted by atomic mass is 10.0. The first-order valence-corrected chi connectivity index (χ1v) is 8.31. The van der Waals surface area contributed by atoms with Gasteiger partial charge in [-0.3, -0.25) is 14.4 Å². The number of nitrogens with zero attached hydrogens (tertiary/aromatic N) is 3. The van der Waals surface area contributed by atoms with Gasteiger partial charge in [-0.2, -0.15) is 4.68 Å². The Morgan fingerprint density at radius 1 is 1.19 bits per heavy atom. The topological polar surface area (TPSA) is 151 Å². The third-order valence-corrected chi connectivity index (χ3v) is 4.02. The predicted octanol–water partition coefficient (Wildman–Crippen LogP) is 0.423. The smallest absolute Gasteiger partial charge is 0.326 e. The quantitative estimate of drug-likeness (QED) is 0.599. The normalized spacial score (nSPS) is 13.3. The van der Waals surface area contributed by atoms with Crippen LogP contribution >= 0.6 is 0 Å². The Balaban J connectivity index is 2.35. The highest BCUT2D eigenvalue weighted by molar-refractivity contribution is 5.86. The Morgan fingerprint density at radius 2 is 1.85 bits per heavy atom. The molecule has 3 N–H and O–H groups in total. The Hall–Kier alpha value is -3.30. The largest absolute Gasteiger partial charge is 0.481 e. The van der Waals surface area contributed by atoms with E-state index in [0.29, 0.717) is 5.52 Å². The number of carboxylic acids is 2. The van der Waals surface area contributed by atoms with Crippen LogP contribution in [0.4, 0.5) is 0 Å². The SMILES string of the molecule is CC(C)[C@@H](C(=O)N[C@@H](CCC(=O)O)C(=O)O)n1nnc2ccccc2c1=O. The molecule has 0 radical (unpaired) electrons. The average molecular weight is 376 g/mol. The van der Waals surface area contributed by atoms with Gasteiger partial charge in [-0.05, 0) is 24.5 Å². The minimum absolute atomic E-state index is 0.278. The summed E-state index contributed by atoms with van der Waals surface area (Å²) in [6, 6.07) is 4.05. The molecule has 144 valence electrons. The van der Waals surface area contributed by atoms with Crippen LogP contribution in [0.2, 0.25) is 0 Å². The molecule has 2 aromatic rings. The molecule has 1 aromatic heterocycles. The monoisotopic (exact) mass is 376 g/mol. The Kier molecular flexibility index (Phi) is 6.22. The molecule has 2 rings (SSSR count). The van der Waals surface area contributed by atoms with Crippen molar-refractivity contribution in [1.29, 1.82) is 0 Å². The lowest BCUT2D eigenvalue weighted by molar-refractivity contribution is -0.143. The van der Waals surface area contributed by atoms with E-state index in [2.05, 4.69) is 15.6 Å². The summed E-state index contributed by atoms with van der Waals surface area (Å²) in [5.41, 5.74) is -0.140. The minimum atomic E-state index is -1.39. The minimum Gasteiger partial charge on any atom is -0.481 e. The van der Waals surface area contributed by atoms with Gasteiger partial charge in [0, 0.05) is 6.42 Å². The number of amides is 1. The maximum absolute atomic E-state index is 12.7. The van der Waals surface area contributed by atoms with Gasteiger partial charge in [0.25, 0.3) is 5.56 Å². The van der Waals surface area contributed by atoms with Gasteiger partial charge in [-0.1, -0.05) is 31.2 Å². The lowest BCUT2D eigenvalue weighted by Gasteiger charge is -2.23. The predicted molar refractivity (Wildman–Crippen MR) is 94.1 cm³/mol. The first kappa shape index (κ1) is 20.0. The summed E-state index contributed by atoms with van der Waals surface area (Å²) < 4.78 is 0.929. The van der Waals surface area contributed by atoms with Gasteiger partial charge in [-0.15, -0.1) is 5.10 Å². The summed E-state index contributed by atoms with van der Waals surface area (Å²) in [6.45, 7) is 3.36. The van der Waals surface area contributed by atoms with Crippen LogP contribution in [0.1, 0.15) is 32.7 Å². The number of nitrogens with one attached hydrogen (secondary N) is 1. The Labute approximate surface area is 153 Å². The van der Waals surface area contributed by atoms with Crippen molar-refractivity contribution in [2.45, 2.75) is 38.8 Å². The number of aromatic nitrogens is 3. The second kappa shape index (κ2) is 8.39. The number of carbonyl (C=O) groups is 3. The van der Waals surface area contributed by atoms with E-state index in [0.717, 1.165) is 4.68 Å². The highest BCUT2D eigenvalue weighted by Crippen LogP contribution is 2.17. The average Bonchev–Trinajstić information content (AvgIpc) is 2.60. The van der Waals surface area contributed by atoms with Crippen LogP contribution in [0.25, 0.3) is 10.9 Å². The number of carboxylic acid groups (broad SMARTS) is 2. The van der Waals surface area contributed by atoms with Crippen molar-refractivity contribution >= 4 is 28.7 Å². The van der Waals surface area contributed by atoms with Crippen molar-refractivity contribution < 1.29 is 24.6 Å². The van der Waals surface area contributed by atoms with Gasteiger partial charge in [0.1, 0.15) is 17.6 Å². The van der Waals surface area contributed by atoms with E-state index in [4.69, 9.17) is 5.11 Å². The molecule has 0 aliphatic carbocycles. The molecule has 27 heavy (non-hydrogen) atoms. The maximum Gasteiger partial charge on any atom is 0.326 e. The molecular weight excluding hydrogens is 356 g/mol. The molecule has 1 heterocycles. The van der Waals surface area contributed by atoms with E-state index in [1.807, 2.05) is 0 Å². The van der Waals surface area contributed by atoms with Gasteiger partial charge in [0.2, 0.25) is 5.91 Å². The summed E-state index contributed by atoms with van der Waals surface area (Å²) in [4.78, 5) is 47.4. The first-order valence-electron chi connectivity index (χ1n) is 8.31. The van der Waals surface area contributed by atoms with Crippen molar-refractivity contribution in [2.24, 2.45) is 5.92 Å². The summed E-state index contributed by atoms with van der Waals surface area (Å²) in [7, 11) is 0. The molecule has 1 amide bonds. The fourth-order valence-corrected chi connectivity index (χ4v) is 2.66. The van der Waals surface area contributed by atoms with E-state index in [9.17, 15) is 24.3 Å². The van der Waals surface area contributed by atoms with Gasteiger partial charge in [0.05, 0.1) is 5.39 Å². The summed E-state index contributed by atoms with van der Waals surface area (Å²) in [5.74, 6) is -3.67. The summed E-state index contributed by atoms with van der Waals surface area (Å²) >= 11 is 0. The van der Waals surface area contributed by atoms with Gasteiger partial charge in [-0.25, -0.2) is 4.79 Å². The number of fused-ring (bicyclic) bond motifs is 1. The summed E-state index contributed by atoms with van der Waals surface area (Å²) in [5, 5.41) is 28.3. The molecule has 10 nitrogen and oxygen atoms in total. The molecule has 0 unspecified atom stereocenters. The van der Waals surface area contributed by atoms with Gasteiger partial charge >= 0.3 is 11.9 Å². The molecule has 10 heteroatoms. The van der Waals surface area contributed by atoms with Crippen LogP contribution in [0, 0.1) is 5.92 Å². The number of hydrogen-bond acceptors (Lipinski definition) is 6. The van der Waals surface area contributed by atoms with E-state index in [1.165, 1.54) is 0 Å². The van der Waals surface area contributed by atoms with Crippen molar-refractivity contribution in [3.05, 3.63) is 34.6 Å². The zero-order valence-electron chi connectivity index (χ0n) is 14.8. The second-order valence-corrected chi connectivity index (χ2v) is 6.38. The number of aliphatic carboxylic acids is 2. The molecule has 0 saturated carbocycles. The van der Waals surface area contributed by atoms with Crippen molar-refractivity contribution in [3.8, 4) is 0 Å². The van der Waals surface area contributed by atoms with E-state index < -0.39 is 47.8 Å². The molecule has 0 fully saturated rings. The van der Waals surface area contributed by atoms with Crippen LogP contribution in [-0.4, -0.2) is 49.1 Å².